The minimum atomic E-state index is 0. The molecule has 1 fully saturated rings. The Morgan fingerprint density at radius 3 is 2.61 bits per heavy atom. The second kappa shape index (κ2) is 11.7. The lowest BCUT2D eigenvalue weighted by Gasteiger charge is -2.36. The molecule has 1 aromatic heterocycles. The molecule has 0 unspecified atom stereocenters. The number of rotatable bonds is 7. The van der Waals surface area contributed by atoms with Gasteiger partial charge in [0.1, 0.15) is 0 Å². The van der Waals surface area contributed by atoms with E-state index in [4.69, 9.17) is 9.73 Å². The van der Waals surface area contributed by atoms with E-state index >= 15 is 0 Å². The third-order valence-electron chi connectivity index (χ3n) is 5.02. The van der Waals surface area contributed by atoms with Gasteiger partial charge in [0.2, 0.25) is 0 Å². The van der Waals surface area contributed by atoms with E-state index in [2.05, 4.69) is 59.8 Å². The Bertz CT molecular complexity index is 729. The first-order valence-corrected chi connectivity index (χ1v) is 10.6. The normalized spacial score (nSPS) is 16.3. The molecule has 1 aromatic carbocycles. The molecule has 2 aromatic rings. The number of hydrogen-bond donors (Lipinski definition) is 2. The highest BCUT2D eigenvalue weighted by Crippen LogP contribution is 2.35. The van der Waals surface area contributed by atoms with Crippen molar-refractivity contribution in [1.29, 1.82) is 0 Å². The fourth-order valence-corrected chi connectivity index (χ4v) is 4.26. The van der Waals surface area contributed by atoms with Crippen molar-refractivity contribution in [2.75, 3.05) is 32.8 Å². The molecule has 1 aliphatic rings. The lowest BCUT2D eigenvalue weighted by molar-refractivity contribution is 0.0531. The maximum Gasteiger partial charge on any atom is 0.191 e. The minimum absolute atomic E-state index is 0. The first-order chi connectivity index (χ1) is 13.2. The van der Waals surface area contributed by atoms with Crippen molar-refractivity contribution < 1.29 is 4.74 Å². The molecule has 0 radical (unpaired) electrons. The van der Waals surface area contributed by atoms with Gasteiger partial charge in [-0.05, 0) is 32.3 Å². The number of thiazole rings is 1. The van der Waals surface area contributed by atoms with E-state index in [9.17, 15) is 0 Å². The number of nitrogens with one attached hydrogen (secondary N) is 2. The summed E-state index contributed by atoms with van der Waals surface area (Å²) in [5.41, 5.74) is 1.43. The van der Waals surface area contributed by atoms with E-state index in [-0.39, 0.29) is 29.4 Å². The molecule has 154 valence electrons. The Kier molecular flexibility index (Phi) is 9.67. The van der Waals surface area contributed by atoms with Gasteiger partial charge in [-0.15, -0.1) is 35.3 Å². The van der Waals surface area contributed by atoms with Gasteiger partial charge < -0.3 is 15.4 Å². The molecule has 28 heavy (non-hydrogen) atoms. The molecular weight excluding hydrogens is 483 g/mol. The average molecular weight is 514 g/mol. The standard InChI is InChI=1S/C21H30N4OS.HI/c1-3-22-20(23-12-9-19-24-15-17(2)27-19)25-16-21(10-13-26-14-11-21)18-7-5-4-6-8-18;/h4-8,15H,3,9-14,16H2,1-2H3,(H2,22,23,25);1H. The number of nitrogens with zero attached hydrogens (tertiary/aromatic N) is 2. The number of halogens is 1. The summed E-state index contributed by atoms with van der Waals surface area (Å²) < 4.78 is 5.63. The van der Waals surface area contributed by atoms with Crippen LogP contribution in [0.25, 0.3) is 0 Å². The zero-order valence-electron chi connectivity index (χ0n) is 16.7. The van der Waals surface area contributed by atoms with E-state index in [0.29, 0.717) is 0 Å². The highest BCUT2D eigenvalue weighted by Gasteiger charge is 2.34. The molecule has 2 heterocycles. The van der Waals surface area contributed by atoms with Crippen LogP contribution in [-0.4, -0.2) is 43.8 Å². The second-order valence-electron chi connectivity index (χ2n) is 7.00. The number of benzene rings is 1. The molecule has 0 saturated carbocycles. The number of guanidine groups is 1. The van der Waals surface area contributed by atoms with E-state index in [1.54, 1.807) is 11.3 Å². The summed E-state index contributed by atoms with van der Waals surface area (Å²) in [5, 5.41) is 8.00. The molecular formula is C21H31IN4OS. The number of hydrogen-bond acceptors (Lipinski definition) is 4. The number of aryl methyl sites for hydroxylation is 1. The van der Waals surface area contributed by atoms with Crippen LogP contribution < -0.4 is 10.6 Å². The Morgan fingerprint density at radius 1 is 1.21 bits per heavy atom. The molecule has 0 bridgehead atoms. The van der Waals surface area contributed by atoms with Gasteiger partial charge in [0.25, 0.3) is 0 Å². The van der Waals surface area contributed by atoms with Crippen LogP contribution in [0.2, 0.25) is 0 Å². The molecule has 7 heteroatoms. The van der Waals surface area contributed by atoms with Gasteiger partial charge in [-0.2, -0.15) is 0 Å². The monoisotopic (exact) mass is 514 g/mol. The predicted molar refractivity (Wildman–Crippen MR) is 128 cm³/mol. The lowest BCUT2D eigenvalue weighted by Crippen LogP contribution is -2.41. The van der Waals surface area contributed by atoms with Crippen molar-refractivity contribution in [2.24, 2.45) is 4.99 Å². The Labute approximate surface area is 189 Å². The smallest absolute Gasteiger partial charge is 0.191 e. The third-order valence-corrected chi connectivity index (χ3v) is 5.99. The lowest BCUT2D eigenvalue weighted by atomic mass is 9.74. The summed E-state index contributed by atoms with van der Waals surface area (Å²) in [4.78, 5) is 10.6. The molecule has 1 aliphatic heterocycles. The van der Waals surface area contributed by atoms with Crippen molar-refractivity contribution >= 4 is 41.3 Å². The zero-order valence-corrected chi connectivity index (χ0v) is 19.9. The molecule has 1 saturated heterocycles. The van der Waals surface area contributed by atoms with Gasteiger partial charge in [0.15, 0.2) is 5.96 Å². The molecule has 2 N–H and O–H groups in total. The minimum Gasteiger partial charge on any atom is -0.381 e. The predicted octanol–water partition coefficient (Wildman–Crippen LogP) is 3.92. The topological polar surface area (TPSA) is 58.5 Å². The molecule has 5 nitrogen and oxygen atoms in total. The largest absolute Gasteiger partial charge is 0.381 e. The fraction of sp³-hybridized carbons (Fsp3) is 0.524. The highest BCUT2D eigenvalue weighted by atomic mass is 127. The summed E-state index contributed by atoms with van der Waals surface area (Å²) in [6.45, 7) is 8.26. The van der Waals surface area contributed by atoms with Crippen molar-refractivity contribution in [3.8, 4) is 0 Å². The molecule has 0 atom stereocenters. The second-order valence-corrected chi connectivity index (χ2v) is 8.31. The van der Waals surface area contributed by atoms with E-state index in [0.717, 1.165) is 58.1 Å². The van der Waals surface area contributed by atoms with E-state index in [1.807, 2.05) is 6.20 Å². The number of aromatic nitrogens is 1. The van der Waals surface area contributed by atoms with E-state index in [1.165, 1.54) is 15.4 Å². The highest BCUT2D eigenvalue weighted by molar-refractivity contribution is 14.0. The van der Waals surface area contributed by atoms with Crippen LogP contribution in [0.15, 0.2) is 41.5 Å². The van der Waals surface area contributed by atoms with Crippen LogP contribution >= 0.6 is 35.3 Å². The first kappa shape index (κ1) is 23.1. The van der Waals surface area contributed by atoms with Crippen molar-refractivity contribution in [2.45, 2.75) is 38.5 Å². The number of aliphatic imine (C=N–C) groups is 1. The maximum atomic E-state index is 5.63. The van der Waals surface area contributed by atoms with Crippen LogP contribution in [-0.2, 0) is 16.6 Å². The molecule has 0 spiro atoms. The van der Waals surface area contributed by atoms with Gasteiger partial charge in [-0.25, -0.2) is 4.98 Å². The van der Waals surface area contributed by atoms with E-state index < -0.39 is 0 Å². The van der Waals surface area contributed by atoms with Crippen LogP contribution in [0.3, 0.4) is 0 Å². The third kappa shape index (κ3) is 6.42. The van der Waals surface area contributed by atoms with Crippen molar-refractivity contribution in [3.63, 3.8) is 0 Å². The summed E-state index contributed by atoms with van der Waals surface area (Å²) in [6, 6.07) is 10.8. The van der Waals surface area contributed by atoms with Gasteiger partial charge in [0, 0.05) is 49.2 Å². The van der Waals surface area contributed by atoms with Gasteiger partial charge >= 0.3 is 0 Å². The van der Waals surface area contributed by atoms with Crippen LogP contribution in [0.4, 0.5) is 0 Å². The summed E-state index contributed by atoms with van der Waals surface area (Å²) in [7, 11) is 0. The quantitative estimate of drug-likeness (QED) is 0.334. The average Bonchev–Trinajstić information content (AvgIpc) is 3.12. The summed E-state index contributed by atoms with van der Waals surface area (Å²) in [5.74, 6) is 0.882. The Hall–Kier alpha value is -1.19. The van der Waals surface area contributed by atoms with Gasteiger partial charge in [0.05, 0.1) is 11.6 Å². The van der Waals surface area contributed by atoms with Crippen molar-refractivity contribution in [1.82, 2.24) is 15.6 Å². The molecule has 0 aliphatic carbocycles. The molecule has 0 amide bonds. The summed E-state index contributed by atoms with van der Waals surface area (Å²) >= 11 is 1.76. The Balaban J connectivity index is 0.00000280. The van der Waals surface area contributed by atoms with Crippen LogP contribution in [0.5, 0.6) is 0 Å². The van der Waals surface area contributed by atoms with Gasteiger partial charge in [-0.1, -0.05) is 30.3 Å². The summed E-state index contributed by atoms with van der Waals surface area (Å²) in [6.07, 6.45) is 4.88. The van der Waals surface area contributed by atoms with Crippen molar-refractivity contribution in [3.05, 3.63) is 52.0 Å². The first-order valence-electron chi connectivity index (χ1n) is 9.79. The Morgan fingerprint density at radius 2 is 1.96 bits per heavy atom. The zero-order chi connectivity index (χ0) is 19.0. The maximum absolute atomic E-state index is 5.63. The SMILES string of the molecule is CCNC(=NCC1(c2ccccc2)CCOCC1)NCCc1ncc(C)s1.I. The van der Waals surface area contributed by atoms with Crippen LogP contribution in [0.1, 0.15) is 35.2 Å². The number of ether oxygens (including phenoxy) is 1. The fourth-order valence-electron chi connectivity index (χ4n) is 3.47. The van der Waals surface area contributed by atoms with Crippen LogP contribution in [0, 0.1) is 6.92 Å². The van der Waals surface area contributed by atoms with Gasteiger partial charge in [-0.3, -0.25) is 4.99 Å². The molecule has 3 rings (SSSR count).